The van der Waals surface area contributed by atoms with E-state index in [9.17, 15) is 4.79 Å². The summed E-state index contributed by atoms with van der Waals surface area (Å²) in [6, 6.07) is 5.20. The minimum Gasteiger partial charge on any atom is -0.493 e. The van der Waals surface area contributed by atoms with Crippen molar-refractivity contribution < 1.29 is 19.0 Å². The predicted octanol–water partition coefficient (Wildman–Crippen LogP) is 2.44. The third-order valence-corrected chi connectivity index (χ3v) is 2.85. The van der Waals surface area contributed by atoms with Gasteiger partial charge in [0.05, 0.1) is 33.0 Å². The first kappa shape index (κ1) is 14.8. The van der Waals surface area contributed by atoms with Crippen LogP contribution >= 0.6 is 0 Å². The highest BCUT2D eigenvalue weighted by atomic mass is 16.5. The van der Waals surface area contributed by atoms with E-state index >= 15 is 0 Å². The molecule has 0 aromatic heterocycles. The van der Waals surface area contributed by atoms with Crippen molar-refractivity contribution >= 4 is 5.78 Å². The zero-order valence-electron chi connectivity index (χ0n) is 11.5. The van der Waals surface area contributed by atoms with Crippen LogP contribution in [0.2, 0.25) is 0 Å². The lowest BCUT2D eigenvalue weighted by Gasteiger charge is -2.16. The molecule has 19 heavy (non-hydrogen) atoms. The average molecular weight is 263 g/mol. The summed E-state index contributed by atoms with van der Waals surface area (Å²) in [5.41, 5.74) is 0.327. The Hall–Kier alpha value is -2.22. The molecule has 0 aliphatic carbocycles. The van der Waals surface area contributed by atoms with E-state index in [4.69, 9.17) is 19.5 Å². The number of hydrogen-bond donors (Lipinski definition) is 0. The lowest BCUT2D eigenvalue weighted by molar-refractivity contribution is 0.0943. The zero-order chi connectivity index (χ0) is 14.4. The van der Waals surface area contributed by atoms with E-state index in [0.717, 1.165) is 0 Å². The number of rotatable bonds is 6. The first-order chi connectivity index (χ1) is 9.14. The van der Waals surface area contributed by atoms with E-state index in [2.05, 4.69) is 0 Å². The molecule has 0 aliphatic heterocycles. The van der Waals surface area contributed by atoms with Crippen molar-refractivity contribution in [2.24, 2.45) is 5.92 Å². The number of nitrogens with zero attached hydrogens (tertiary/aromatic N) is 1. The maximum absolute atomic E-state index is 12.3. The molecule has 102 valence electrons. The van der Waals surface area contributed by atoms with Crippen molar-refractivity contribution in [3.8, 4) is 23.3 Å². The van der Waals surface area contributed by atoms with Gasteiger partial charge in [-0.25, -0.2) is 0 Å². The average Bonchev–Trinajstić information content (AvgIpc) is 2.46. The Labute approximate surface area is 112 Å². The summed E-state index contributed by atoms with van der Waals surface area (Å²) in [6.07, 6.45) is 0.451. The van der Waals surface area contributed by atoms with Crippen LogP contribution in [0, 0.1) is 17.2 Å². The summed E-state index contributed by atoms with van der Waals surface area (Å²) in [5.74, 6) is 0.153. The van der Waals surface area contributed by atoms with Crippen LogP contribution in [0.3, 0.4) is 0 Å². The summed E-state index contributed by atoms with van der Waals surface area (Å²) >= 11 is 0. The molecule has 0 bridgehead atoms. The summed E-state index contributed by atoms with van der Waals surface area (Å²) in [4.78, 5) is 12.3. The second-order valence-corrected chi connectivity index (χ2v) is 3.84. The first-order valence-corrected chi connectivity index (χ1v) is 5.87. The number of methoxy groups -OCH3 is 3. The van der Waals surface area contributed by atoms with E-state index < -0.39 is 5.92 Å². The van der Waals surface area contributed by atoms with Crippen molar-refractivity contribution in [2.75, 3.05) is 21.3 Å². The molecule has 0 fully saturated rings. The van der Waals surface area contributed by atoms with Crippen molar-refractivity contribution in [3.05, 3.63) is 17.7 Å². The molecule has 1 atom stereocenters. The second kappa shape index (κ2) is 6.64. The molecule has 0 spiro atoms. The Kier molecular flexibility index (Phi) is 5.19. The van der Waals surface area contributed by atoms with E-state index in [1.54, 1.807) is 19.1 Å². The number of nitriles is 1. The normalized spacial score (nSPS) is 11.3. The number of benzene rings is 1. The Bertz CT molecular complexity index is 505. The number of ether oxygens (including phenoxy) is 3. The fraction of sp³-hybridized carbons (Fsp3) is 0.429. The molecule has 0 saturated heterocycles. The maximum Gasteiger partial charge on any atom is 0.204 e. The molecule has 1 rings (SSSR count). The number of Topliss-reactive ketones (excluding diaryl/α,β-unsaturated/α-hetero) is 1. The van der Waals surface area contributed by atoms with Crippen LogP contribution < -0.4 is 14.2 Å². The minimum absolute atomic E-state index is 0.275. The standard InChI is InChI=1S/C14H17NO4/c1-5-9(8-15)12(16)10-6-7-11(17-2)14(19-4)13(10)18-3/h6-7,9H,5H2,1-4H3. The van der Waals surface area contributed by atoms with Gasteiger partial charge in [0.1, 0.15) is 5.92 Å². The second-order valence-electron chi connectivity index (χ2n) is 3.84. The molecule has 5 nitrogen and oxygen atoms in total. The number of hydrogen-bond acceptors (Lipinski definition) is 5. The summed E-state index contributed by atoms with van der Waals surface area (Å²) in [7, 11) is 4.42. The number of ketones is 1. The molecule has 1 aromatic carbocycles. The molecule has 1 unspecified atom stereocenters. The van der Waals surface area contributed by atoms with Gasteiger partial charge in [-0.05, 0) is 18.6 Å². The van der Waals surface area contributed by atoms with Gasteiger partial charge in [-0.15, -0.1) is 0 Å². The van der Waals surface area contributed by atoms with Gasteiger partial charge in [0.25, 0.3) is 0 Å². The molecule has 0 aliphatic rings. The predicted molar refractivity (Wildman–Crippen MR) is 69.8 cm³/mol. The van der Waals surface area contributed by atoms with Gasteiger partial charge in [-0.2, -0.15) is 5.26 Å². The molecule has 0 amide bonds. The SMILES string of the molecule is CCC(C#N)C(=O)c1ccc(OC)c(OC)c1OC. The minimum atomic E-state index is -0.688. The zero-order valence-corrected chi connectivity index (χ0v) is 11.5. The molecule has 0 heterocycles. The van der Waals surface area contributed by atoms with Gasteiger partial charge in [-0.1, -0.05) is 6.92 Å². The Morgan fingerprint density at radius 1 is 1.21 bits per heavy atom. The Balaban J connectivity index is 3.37. The highest BCUT2D eigenvalue weighted by molar-refractivity contribution is 6.02. The topological polar surface area (TPSA) is 68.6 Å². The largest absolute Gasteiger partial charge is 0.493 e. The third kappa shape index (κ3) is 2.79. The van der Waals surface area contributed by atoms with Gasteiger partial charge < -0.3 is 14.2 Å². The first-order valence-electron chi connectivity index (χ1n) is 5.87. The van der Waals surface area contributed by atoms with Gasteiger partial charge in [0, 0.05) is 0 Å². The number of carbonyl (C=O) groups excluding carboxylic acids is 1. The van der Waals surface area contributed by atoms with Crippen LogP contribution in [0.4, 0.5) is 0 Å². The third-order valence-electron chi connectivity index (χ3n) is 2.85. The molecule has 5 heteroatoms. The Morgan fingerprint density at radius 2 is 1.84 bits per heavy atom. The number of carbonyl (C=O) groups is 1. The molecule has 0 radical (unpaired) electrons. The van der Waals surface area contributed by atoms with Crippen molar-refractivity contribution in [1.82, 2.24) is 0 Å². The lowest BCUT2D eigenvalue weighted by atomic mass is 9.95. The summed E-state index contributed by atoms with van der Waals surface area (Å²) < 4.78 is 15.6. The lowest BCUT2D eigenvalue weighted by Crippen LogP contribution is -2.13. The Morgan fingerprint density at radius 3 is 2.26 bits per heavy atom. The maximum atomic E-state index is 12.3. The van der Waals surface area contributed by atoms with E-state index in [0.29, 0.717) is 29.2 Å². The summed E-state index contributed by atoms with van der Waals surface area (Å²) in [5, 5.41) is 8.98. The quantitative estimate of drug-likeness (QED) is 0.737. The van der Waals surface area contributed by atoms with Crippen molar-refractivity contribution in [1.29, 1.82) is 5.26 Å². The van der Waals surface area contributed by atoms with Gasteiger partial charge in [0.2, 0.25) is 5.75 Å². The fourth-order valence-corrected chi connectivity index (χ4v) is 1.82. The smallest absolute Gasteiger partial charge is 0.204 e. The monoisotopic (exact) mass is 263 g/mol. The summed E-state index contributed by atoms with van der Waals surface area (Å²) in [6.45, 7) is 1.79. The van der Waals surface area contributed by atoms with Crippen LogP contribution in [-0.2, 0) is 0 Å². The van der Waals surface area contributed by atoms with Gasteiger partial charge >= 0.3 is 0 Å². The van der Waals surface area contributed by atoms with Crippen molar-refractivity contribution in [3.63, 3.8) is 0 Å². The van der Waals surface area contributed by atoms with Gasteiger partial charge in [-0.3, -0.25) is 4.79 Å². The highest BCUT2D eigenvalue weighted by Gasteiger charge is 2.25. The van der Waals surface area contributed by atoms with Crippen LogP contribution in [-0.4, -0.2) is 27.1 Å². The van der Waals surface area contributed by atoms with E-state index in [-0.39, 0.29) is 5.78 Å². The molecular weight excluding hydrogens is 246 g/mol. The molecular formula is C14H17NO4. The van der Waals surface area contributed by atoms with E-state index in [1.807, 2.05) is 6.07 Å². The highest BCUT2D eigenvalue weighted by Crippen LogP contribution is 2.40. The molecule has 0 saturated carbocycles. The van der Waals surface area contributed by atoms with E-state index in [1.165, 1.54) is 21.3 Å². The van der Waals surface area contributed by atoms with Crippen LogP contribution in [0.15, 0.2) is 12.1 Å². The van der Waals surface area contributed by atoms with Crippen LogP contribution in [0.1, 0.15) is 23.7 Å². The van der Waals surface area contributed by atoms with Crippen molar-refractivity contribution in [2.45, 2.75) is 13.3 Å². The fourth-order valence-electron chi connectivity index (χ4n) is 1.82. The molecule has 1 aromatic rings. The van der Waals surface area contributed by atoms with Crippen LogP contribution in [0.25, 0.3) is 0 Å². The molecule has 0 N–H and O–H groups in total. The van der Waals surface area contributed by atoms with Gasteiger partial charge in [0.15, 0.2) is 17.3 Å². The van der Waals surface area contributed by atoms with Crippen LogP contribution in [0.5, 0.6) is 17.2 Å².